The highest BCUT2D eigenvalue weighted by Crippen LogP contribution is 2.11. The maximum absolute atomic E-state index is 5.75. The topological polar surface area (TPSA) is 22.1 Å². The summed E-state index contributed by atoms with van der Waals surface area (Å²) in [6.07, 6.45) is 1.59. The van der Waals surface area contributed by atoms with E-state index in [1.54, 1.807) is 18.3 Å². The molecule has 0 unspecified atom stereocenters. The minimum atomic E-state index is 0.613. The summed E-state index contributed by atoms with van der Waals surface area (Å²) in [6.45, 7) is 2.62. The molecule has 1 heterocycles. The molecular formula is C15H12ClNO. The maximum atomic E-state index is 5.75. The van der Waals surface area contributed by atoms with Crippen molar-refractivity contribution < 1.29 is 4.74 Å². The number of halogens is 1. The van der Waals surface area contributed by atoms with Gasteiger partial charge in [0.1, 0.15) is 11.4 Å². The van der Waals surface area contributed by atoms with Crippen molar-refractivity contribution >= 4 is 11.6 Å². The number of hydrogen-bond donors (Lipinski definition) is 0. The van der Waals surface area contributed by atoms with E-state index in [0.717, 1.165) is 11.3 Å². The molecule has 0 aliphatic carbocycles. The van der Waals surface area contributed by atoms with Gasteiger partial charge in [-0.2, -0.15) is 0 Å². The van der Waals surface area contributed by atoms with Crippen molar-refractivity contribution in [3.05, 3.63) is 58.9 Å². The van der Waals surface area contributed by atoms with Crippen molar-refractivity contribution in [2.75, 3.05) is 6.61 Å². The predicted molar refractivity (Wildman–Crippen MR) is 72.8 cm³/mol. The first-order valence-electron chi connectivity index (χ1n) is 5.64. The van der Waals surface area contributed by atoms with Gasteiger partial charge in [0.05, 0.1) is 11.6 Å². The molecule has 2 nitrogen and oxygen atoms in total. The lowest BCUT2D eigenvalue weighted by atomic mass is 10.2. The number of aromatic nitrogens is 1. The van der Waals surface area contributed by atoms with Gasteiger partial charge in [0.25, 0.3) is 0 Å². The summed E-state index contributed by atoms with van der Waals surface area (Å²) >= 11 is 5.75. The van der Waals surface area contributed by atoms with Crippen molar-refractivity contribution in [3.8, 4) is 17.6 Å². The highest BCUT2D eigenvalue weighted by Gasteiger charge is 1.92. The summed E-state index contributed by atoms with van der Waals surface area (Å²) in [7, 11) is 0. The van der Waals surface area contributed by atoms with Gasteiger partial charge in [-0.05, 0) is 49.2 Å². The van der Waals surface area contributed by atoms with Crippen molar-refractivity contribution in [3.63, 3.8) is 0 Å². The number of nitrogens with zero attached hydrogens (tertiary/aromatic N) is 1. The van der Waals surface area contributed by atoms with Crippen molar-refractivity contribution in [2.24, 2.45) is 0 Å². The summed E-state index contributed by atoms with van der Waals surface area (Å²) in [5, 5.41) is 0.613. The Morgan fingerprint density at radius 1 is 1.11 bits per heavy atom. The predicted octanol–water partition coefficient (Wildman–Crippen LogP) is 3.53. The molecule has 0 amide bonds. The van der Waals surface area contributed by atoms with Gasteiger partial charge in [0, 0.05) is 11.8 Å². The molecule has 3 heteroatoms. The normalized spacial score (nSPS) is 9.44. The van der Waals surface area contributed by atoms with Crippen LogP contribution >= 0.6 is 11.6 Å². The highest BCUT2D eigenvalue weighted by molar-refractivity contribution is 6.30. The van der Waals surface area contributed by atoms with Crippen LogP contribution in [0.5, 0.6) is 5.75 Å². The summed E-state index contributed by atoms with van der Waals surface area (Å²) in [5.74, 6) is 6.87. The highest BCUT2D eigenvalue weighted by atomic mass is 35.5. The Bertz CT molecular complexity index is 564. The van der Waals surface area contributed by atoms with Gasteiger partial charge in [-0.1, -0.05) is 17.5 Å². The van der Waals surface area contributed by atoms with Crippen LogP contribution in [0.25, 0.3) is 0 Å². The van der Waals surface area contributed by atoms with Gasteiger partial charge in [0.15, 0.2) is 0 Å². The van der Waals surface area contributed by atoms with Crippen molar-refractivity contribution in [2.45, 2.75) is 6.92 Å². The van der Waals surface area contributed by atoms with E-state index in [1.807, 2.05) is 31.2 Å². The third-order valence-corrected chi connectivity index (χ3v) is 2.45. The van der Waals surface area contributed by atoms with Crippen LogP contribution in [0.15, 0.2) is 42.6 Å². The zero-order valence-corrected chi connectivity index (χ0v) is 10.7. The number of rotatable bonds is 2. The minimum absolute atomic E-state index is 0.613. The number of pyridine rings is 1. The van der Waals surface area contributed by atoms with Gasteiger partial charge >= 0.3 is 0 Å². The number of benzene rings is 1. The Hall–Kier alpha value is -1.98. The van der Waals surface area contributed by atoms with Crippen molar-refractivity contribution in [1.82, 2.24) is 4.98 Å². The SMILES string of the molecule is CCOc1ccc(C#Cc2ccc(Cl)cn2)cc1. The van der Waals surface area contributed by atoms with E-state index in [0.29, 0.717) is 17.3 Å². The van der Waals surface area contributed by atoms with Crippen molar-refractivity contribution in [1.29, 1.82) is 0 Å². The van der Waals surface area contributed by atoms with Crippen LogP contribution in [0.4, 0.5) is 0 Å². The summed E-state index contributed by atoms with van der Waals surface area (Å²) in [5.41, 5.74) is 1.63. The molecule has 0 saturated carbocycles. The van der Waals surface area contributed by atoms with Gasteiger partial charge < -0.3 is 4.74 Å². The largest absolute Gasteiger partial charge is 0.494 e. The molecule has 2 rings (SSSR count). The van der Waals surface area contributed by atoms with Crippen LogP contribution in [0.2, 0.25) is 5.02 Å². The third kappa shape index (κ3) is 3.51. The monoisotopic (exact) mass is 257 g/mol. The van der Waals surface area contributed by atoms with Crippen LogP contribution in [0, 0.1) is 11.8 Å². The molecule has 0 spiro atoms. The maximum Gasteiger partial charge on any atom is 0.119 e. The van der Waals surface area contributed by atoms with Gasteiger partial charge in [-0.25, -0.2) is 4.98 Å². The zero-order valence-electron chi connectivity index (χ0n) is 9.98. The molecule has 2 aromatic rings. The second kappa shape index (κ2) is 6.09. The fourth-order valence-electron chi connectivity index (χ4n) is 1.39. The summed E-state index contributed by atoms with van der Waals surface area (Å²) < 4.78 is 5.36. The fourth-order valence-corrected chi connectivity index (χ4v) is 1.50. The van der Waals surface area contributed by atoms with Crippen LogP contribution in [-0.2, 0) is 0 Å². The molecule has 0 fully saturated rings. The second-order valence-electron chi connectivity index (χ2n) is 3.57. The fraction of sp³-hybridized carbons (Fsp3) is 0.133. The average molecular weight is 258 g/mol. The molecule has 90 valence electrons. The first-order chi connectivity index (χ1) is 8.78. The molecule has 1 aromatic heterocycles. The van der Waals surface area contributed by atoms with Gasteiger partial charge in [-0.3, -0.25) is 0 Å². The average Bonchev–Trinajstić information content (AvgIpc) is 2.40. The Labute approximate surface area is 112 Å². The van der Waals surface area contributed by atoms with E-state index < -0.39 is 0 Å². The van der Waals surface area contributed by atoms with E-state index in [1.165, 1.54) is 0 Å². The summed E-state index contributed by atoms with van der Waals surface area (Å²) in [6, 6.07) is 11.2. The lowest BCUT2D eigenvalue weighted by molar-refractivity contribution is 0.340. The lowest BCUT2D eigenvalue weighted by Crippen LogP contribution is -1.90. The molecule has 0 radical (unpaired) electrons. The molecule has 0 saturated heterocycles. The second-order valence-corrected chi connectivity index (χ2v) is 4.01. The molecule has 0 aliphatic heterocycles. The van der Waals surface area contributed by atoms with Gasteiger partial charge in [0.2, 0.25) is 0 Å². The minimum Gasteiger partial charge on any atom is -0.494 e. The lowest BCUT2D eigenvalue weighted by Gasteiger charge is -2.01. The third-order valence-electron chi connectivity index (χ3n) is 2.23. The molecule has 1 aromatic carbocycles. The zero-order chi connectivity index (χ0) is 12.8. The van der Waals surface area contributed by atoms with E-state index in [-0.39, 0.29) is 0 Å². The first kappa shape index (κ1) is 12.5. The quantitative estimate of drug-likeness (QED) is 0.768. The molecule has 0 atom stereocenters. The van der Waals surface area contributed by atoms with Crippen LogP contribution in [0.3, 0.4) is 0 Å². The molecular weight excluding hydrogens is 246 g/mol. The Balaban J connectivity index is 2.12. The van der Waals surface area contributed by atoms with Crippen LogP contribution in [0.1, 0.15) is 18.2 Å². The van der Waals surface area contributed by atoms with E-state index >= 15 is 0 Å². The number of hydrogen-bond acceptors (Lipinski definition) is 2. The van der Waals surface area contributed by atoms with E-state index in [9.17, 15) is 0 Å². The molecule has 0 aliphatic rings. The Morgan fingerprint density at radius 3 is 2.50 bits per heavy atom. The molecule has 0 N–H and O–H groups in total. The smallest absolute Gasteiger partial charge is 0.119 e. The standard InChI is InChI=1S/C15H12ClNO/c1-2-18-15-9-4-12(5-10-15)3-7-14-8-6-13(16)11-17-14/h4-6,8-11H,2H2,1H3. The Morgan fingerprint density at radius 2 is 1.89 bits per heavy atom. The Kier molecular flexibility index (Phi) is 4.22. The summed E-state index contributed by atoms with van der Waals surface area (Å²) in [4.78, 5) is 4.11. The van der Waals surface area contributed by atoms with Gasteiger partial charge in [-0.15, -0.1) is 0 Å². The van der Waals surface area contributed by atoms with E-state index in [4.69, 9.17) is 16.3 Å². The van der Waals surface area contributed by atoms with Crippen LogP contribution < -0.4 is 4.74 Å². The first-order valence-corrected chi connectivity index (χ1v) is 6.02. The molecule has 18 heavy (non-hydrogen) atoms. The van der Waals surface area contributed by atoms with Crippen LogP contribution in [-0.4, -0.2) is 11.6 Å². The molecule has 0 bridgehead atoms. The number of ether oxygens (including phenoxy) is 1. The van der Waals surface area contributed by atoms with E-state index in [2.05, 4.69) is 16.8 Å².